The fourth-order valence-electron chi connectivity index (χ4n) is 0.998. The molecule has 0 aromatic carbocycles. The van der Waals surface area contributed by atoms with Crippen molar-refractivity contribution < 1.29 is 8.85 Å². The average molecular weight is 176 g/mol. The summed E-state index contributed by atoms with van der Waals surface area (Å²) >= 11 is 0. The summed E-state index contributed by atoms with van der Waals surface area (Å²) in [5.41, 5.74) is 0. The van der Waals surface area contributed by atoms with E-state index in [1.807, 2.05) is 0 Å². The fourth-order valence-corrected chi connectivity index (χ4v) is 2.18. The van der Waals surface area contributed by atoms with Crippen LogP contribution in [-0.2, 0) is 8.85 Å². The standard InChI is InChI=1S/C8H20O2Si/c1-6-7-8(2)10-11(4,5)9-3/h8H,6-7H2,1-5H3. The van der Waals surface area contributed by atoms with Gasteiger partial charge in [-0.1, -0.05) is 13.3 Å². The van der Waals surface area contributed by atoms with Crippen LogP contribution in [0.15, 0.2) is 0 Å². The predicted molar refractivity (Wildman–Crippen MR) is 49.9 cm³/mol. The van der Waals surface area contributed by atoms with Gasteiger partial charge in [0.2, 0.25) is 0 Å². The van der Waals surface area contributed by atoms with Crippen LogP contribution in [0.4, 0.5) is 0 Å². The molecule has 11 heavy (non-hydrogen) atoms. The Kier molecular flexibility index (Phi) is 4.96. The van der Waals surface area contributed by atoms with Crippen LogP contribution < -0.4 is 0 Å². The van der Waals surface area contributed by atoms with E-state index in [0.29, 0.717) is 6.10 Å². The summed E-state index contributed by atoms with van der Waals surface area (Å²) in [7, 11) is -0.0505. The van der Waals surface area contributed by atoms with Gasteiger partial charge in [-0.15, -0.1) is 0 Å². The zero-order valence-electron chi connectivity index (χ0n) is 8.31. The smallest absolute Gasteiger partial charge is 0.331 e. The number of rotatable bonds is 5. The Morgan fingerprint density at radius 2 is 1.91 bits per heavy atom. The molecule has 0 aliphatic rings. The third kappa shape index (κ3) is 5.41. The van der Waals surface area contributed by atoms with E-state index >= 15 is 0 Å². The Labute approximate surface area is 71.1 Å². The van der Waals surface area contributed by atoms with Crippen LogP contribution in [0.5, 0.6) is 0 Å². The van der Waals surface area contributed by atoms with Gasteiger partial charge in [0, 0.05) is 13.2 Å². The molecule has 0 saturated heterocycles. The number of hydrogen-bond donors (Lipinski definition) is 0. The Hall–Kier alpha value is 0.137. The lowest BCUT2D eigenvalue weighted by Crippen LogP contribution is -2.36. The van der Waals surface area contributed by atoms with Gasteiger partial charge >= 0.3 is 8.56 Å². The Bertz CT molecular complexity index is 104. The van der Waals surface area contributed by atoms with Crippen molar-refractivity contribution in [1.29, 1.82) is 0 Å². The van der Waals surface area contributed by atoms with E-state index in [2.05, 4.69) is 26.9 Å². The van der Waals surface area contributed by atoms with Crippen LogP contribution in [0.1, 0.15) is 26.7 Å². The van der Waals surface area contributed by atoms with Crippen molar-refractivity contribution >= 4 is 8.56 Å². The largest absolute Gasteiger partial charge is 0.398 e. The minimum absolute atomic E-state index is 0.349. The third-order valence-electron chi connectivity index (χ3n) is 1.67. The highest BCUT2D eigenvalue weighted by Crippen LogP contribution is 2.11. The molecule has 3 heteroatoms. The van der Waals surface area contributed by atoms with Crippen molar-refractivity contribution in [3.8, 4) is 0 Å². The van der Waals surface area contributed by atoms with E-state index < -0.39 is 8.56 Å². The molecule has 0 aromatic heterocycles. The van der Waals surface area contributed by atoms with Crippen LogP contribution in [0.3, 0.4) is 0 Å². The van der Waals surface area contributed by atoms with E-state index in [9.17, 15) is 0 Å². The van der Waals surface area contributed by atoms with Gasteiger partial charge in [0.05, 0.1) is 0 Å². The normalized spacial score (nSPS) is 15.0. The molecule has 68 valence electrons. The first-order chi connectivity index (χ1) is 5.02. The second-order valence-electron chi connectivity index (χ2n) is 3.32. The minimum atomic E-state index is -1.78. The lowest BCUT2D eigenvalue weighted by Gasteiger charge is -2.24. The summed E-state index contributed by atoms with van der Waals surface area (Å²) in [6, 6.07) is 0. The lowest BCUT2D eigenvalue weighted by molar-refractivity contribution is 0.143. The molecule has 1 atom stereocenters. The van der Waals surface area contributed by atoms with Crippen molar-refractivity contribution in [1.82, 2.24) is 0 Å². The maximum Gasteiger partial charge on any atom is 0.331 e. The minimum Gasteiger partial charge on any atom is -0.398 e. The van der Waals surface area contributed by atoms with Crippen molar-refractivity contribution in [2.24, 2.45) is 0 Å². The van der Waals surface area contributed by atoms with Crippen LogP contribution in [0.2, 0.25) is 13.1 Å². The molecule has 0 rings (SSSR count). The van der Waals surface area contributed by atoms with Gasteiger partial charge in [-0.05, 0) is 26.4 Å². The van der Waals surface area contributed by atoms with Gasteiger partial charge in [0.25, 0.3) is 0 Å². The van der Waals surface area contributed by atoms with Crippen LogP contribution >= 0.6 is 0 Å². The number of hydrogen-bond acceptors (Lipinski definition) is 2. The molecule has 0 saturated carbocycles. The van der Waals surface area contributed by atoms with Crippen molar-refractivity contribution in [2.45, 2.75) is 45.9 Å². The second kappa shape index (κ2) is 4.90. The van der Waals surface area contributed by atoms with Gasteiger partial charge in [0.15, 0.2) is 0 Å². The second-order valence-corrected chi connectivity index (χ2v) is 6.76. The summed E-state index contributed by atoms with van der Waals surface area (Å²) in [5, 5.41) is 0. The highest BCUT2D eigenvalue weighted by Gasteiger charge is 2.24. The van der Waals surface area contributed by atoms with Gasteiger partial charge in [0.1, 0.15) is 0 Å². The SMILES string of the molecule is CCCC(C)O[Si](C)(C)OC. The first-order valence-corrected chi connectivity index (χ1v) is 7.06. The molecular formula is C8H20O2Si. The van der Waals surface area contributed by atoms with E-state index in [1.54, 1.807) is 7.11 Å². The maximum atomic E-state index is 5.74. The molecule has 0 amide bonds. The first kappa shape index (κ1) is 11.1. The first-order valence-electron chi connectivity index (χ1n) is 4.24. The lowest BCUT2D eigenvalue weighted by atomic mass is 10.2. The van der Waals surface area contributed by atoms with E-state index in [-0.39, 0.29) is 0 Å². The van der Waals surface area contributed by atoms with E-state index in [1.165, 1.54) is 6.42 Å². The van der Waals surface area contributed by atoms with Crippen molar-refractivity contribution in [2.75, 3.05) is 7.11 Å². The third-order valence-corrected chi connectivity index (χ3v) is 3.62. The van der Waals surface area contributed by atoms with E-state index in [0.717, 1.165) is 6.42 Å². The Balaban J connectivity index is 3.64. The molecule has 0 fully saturated rings. The summed E-state index contributed by atoms with van der Waals surface area (Å²) in [5.74, 6) is 0. The van der Waals surface area contributed by atoms with Gasteiger partial charge in [-0.3, -0.25) is 0 Å². The molecule has 0 aromatic rings. The Morgan fingerprint density at radius 1 is 1.36 bits per heavy atom. The Morgan fingerprint density at radius 3 is 2.27 bits per heavy atom. The molecule has 2 nitrogen and oxygen atoms in total. The van der Waals surface area contributed by atoms with Crippen molar-refractivity contribution in [3.05, 3.63) is 0 Å². The molecule has 0 heterocycles. The predicted octanol–water partition coefficient (Wildman–Crippen LogP) is 2.54. The van der Waals surface area contributed by atoms with Crippen LogP contribution in [0.25, 0.3) is 0 Å². The molecule has 1 unspecified atom stereocenters. The highest BCUT2D eigenvalue weighted by atomic mass is 28.4. The molecule has 0 aliphatic carbocycles. The summed E-state index contributed by atoms with van der Waals surface area (Å²) in [4.78, 5) is 0. The van der Waals surface area contributed by atoms with Gasteiger partial charge in [-0.25, -0.2) is 0 Å². The molecule has 0 aliphatic heterocycles. The zero-order valence-corrected chi connectivity index (χ0v) is 9.31. The molecule has 0 N–H and O–H groups in total. The van der Waals surface area contributed by atoms with Gasteiger partial charge in [-0.2, -0.15) is 0 Å². The monoisotopic (exact) mass is 176 g/mol. The zero-order chi connectivity index (χ0) is 8.91. The molecular weight excluding hydrogens is 156 g/mol. The van der Waals surface area contributed by atoms with Gasteiger partial charge < -0.3 is 8.85 Å². The maximum absolute atomic E-state index is 5.74. The average Bonchev–Trinajstić information content (AvgIpc) is 1.87. The fraction of sp³-hybridized carbons (Fsp3) is 1.00. The van der Waals surface area contributed by atoms with E-state index in [4.69, 9.17) is 8.85 Å². The quantitative estimate of drug-likeness (QED) is 0.599. The van der Waals surface area contributed by atoms with Crippen LogP contribution in [0, 0.1) is 0 Å². The van der Waals surface area contributed by atoms with Crippen molar-refractivity contribution in [3.63, 3.8) is 0 Å². The molecule has 0 bridgehead atoms. The molecule has 0 radical (unpaired) electrons. The van der Waals surface area contributed by atoms with Crippen LogP contribution in [-0.4, -0.2) is 21.8 Å². The summed E-state index contributed by atoms with van der Waals surface area (Å²) in [6.45, 7) is 8.41. The molecule has 0 spiro atoms. The summed E-state index contributed by atoms with van der Waals surface area (Å²) < 4.78 is 11.0. The topological polar surface area (TPSA) is 18.5 Å². The summed E-state index contributed by atoms with van der Waals surface area (Å²) in [6.07, 6.45) is 2.65. The highest BCUT2D eigenvalue weighted by molar-refractivity contribution is 6.64.